The summed E-state index contributed by atoms with van der Waals surface area (Å²) >= 11 is 0. The van der Waals surface area contributed by atoms with Gasteiger partial charge in [0.25, 0.3) is 0 Å². The molecule has 0 aliphatic rings. The Morgan fingerprint density at radius 1 is 1.26 bits per heavy atom. The third-order valence-corrected chi connectivity index (χ3v) is 7.20. The van der Waals surface area contributed by atoms with Crippen LogP contribution in [-0.2, 0) is 20.6 Å². The van der Waals surface area contributed by atoms with Crippen LogP contribution in [0.15, 0.2) is 23.1 Å². The third-order valence-electron chi connectivity index (χ3n) is 2.97. The number of hydrogen-bond acceptors (Lipinski definition) is 4. The van der Waals surface area contributed by atoms with E-state index in [1.807, 2.05) is 6.92 Å². The molecule has 2 N–H and O–H groups in total. The molecule has 0 aliphatic heterocycles. The summed E-state index contributed by atoms with van der Waals surface area (Å²) in [6, 6.07) is 5.12. The van der Waals surface area contributed by atoms with Crippen LogP contribution in [0.4, 0.5) is 5.69 Å². The molecular weight excluding hydrogens is 282 g/mol. The summed E-state index contributed by atoms with van der Waals surface area (Å²) in [6.45, 7) is 6.79. The van der Waals surface area contributed by atoms with Crippen LogP contribution in [0.3, 0.4) is 0 Å². The molecule has 0 heterocycles. The summed E-state index contributed by atoms with van der Waals surface area (Å²) in [4.78, 5) is 0.621. The lowest BCUT2D eigenvalue weighted by Crippen LogP contribution is -2.32. The molecule has 0 saturated heterocycles. The fourth-order valence-corrected chi connectivity index (χ4v) is 4.26. The first-order valence-corrected chi connectivity index (χ1v) is 8.98. The van der Waals surface area contributed by atoms with Crippen molar-refractivity contribution in [1.29, 1.82) is 0 Å². The Labute approximate surface area is 117 Å². The van der Waals surface area contributed by atoms with Gasteiger partial charge in [0.2, 0.25) is 0 Å². The monoisotopic (exact) mass is 303 g/mol. The summed E-state index contributed by atoms with van der Waals surface area (Å²) < 4.78 is 35.2. The molecule has 0 aromatic heterocycles. The molecule has 1 atom stereocenters. The molecule has 1 rings (SSSR count). The zero-order valence-corrected chi connectivity index (χ0v) is 13.4. The van der Waals surface area contributed by atoms with Crippen LogP contribution in [-0.4, -0.2) is 28.9 Å². The lowest BCUT2D eigenvalue weighted by atomic mass is 10.2. The van der Waals surface area contributed by atoms with Crippen molar-refractivity contribution in [3.05, 3.63) is 23.8 Å². The lowest BCUT2D eigenvalue weighted by Gasteiger charge is -2.18. The summed E-state index contributed by atoms with van der Waals surface area (Å²) in [5.74, 6) is 0.0372. The first kappa shape index (κ1) is 16.2. The van der Waals surface area contributed by atoms with Crippen molar-refractivity contribution in [3.63, 3.8) is 0 Å². The van der Waals surface area contributed by atoms with Crippen LogP contribution in [0, 0.1) is 6.92 Å². The van der Waals surface area contributed by atoms with Gasteiger partial charge in [-0.2, -0.15) is 0 Å². The molecule has 0 amide bonds. The molecule has 0 bridgehead atoms. The van der Waals surface area contributed by atoms with Gasteiger partial charge in [-0.3, -0.25) is 4.21 Å². The van der Waals surface area contributed by atoms with Crippen LogP contribution in [0.1, 0.15) is 26.3 Å². The summed E-state index contributed by atoms with van der Waals surface area (Å²) in [5.41, 5.74) is 7.19. The maximum Gasteiger partial charge on any atom is 0.156 e. The van der Waals surface area contributed by atoms with Gasteiger partial charge in [-0.25, -0.2) is 8.42 Å². The molecule has 19 heavy (non-hydrogen) atoms. The quantitative estimate of drug-likeness (QED) is 0.862. The molecule has 1 aromatic carbocycles. The van der Waals surface area contributed by atoms with Crippen molar-refractivity contribution in [2.75, 3.05) is 17.2 Å². The Kier molecular flexibility index (Phi) is 4.79. The minimum absolute atomic E-state index is 0.0769. The Morgan fingerprint density at radius 3 is 2.32 bits per heavy atom. The van der Waals surface area contributed by atoms with E-state index in [4.69, 9.17) is 5.73 Å². The molecule has 1 aromatic rings. The van der Waals surface area contributed by atoms with Crippen LogP contribution < -0.4 is 5.73 Å². The van der Waals surface area contributed by atoms with Gasteiger partial charge in [0.1, 0.15) is 0 Å². The standard InChI is InChI=1S/C13H21NO3S2/c1-10-9-11(5-6-12(10)14)18(15)7-8-19(16,17)13(2,3)4/h5-6,9H,7-8,14H2,1-4H3. The second kappa shape index (κ2) is 5.63. The topological polar surface area (TPSA) is 77.2 Å². The van der Waals surface area contributed by atoms with E-state index in [9.17, 15) is 12.6 Å². The minimum Gasteiger partial charge on any atom is -0.399 e. The van der Waals surface area contributed by atoms with E-state index in [2.05, 4.69) is 0 Å². The van der Waals surface area contributed by atoms with Crippen molar-refractivity contribution < 1.29 is 12.6 Å². The molecule has 1 unspecified atom stereocenters. The first-order valence-electron chi connectivity index (χ1n) is 6.01. The van der Waals surface area contributed by atoms with Crippen molar-refractivity contribution >= 4 is 26.3 Å². The maximum atomic E-state index is 12.1. The molecular formula is C13H21NO3S2. The first-order chi connectivity index (χ1) is 8.54. The minimum atomic E-state index is -3.24. The predicted octanol–water partition coefficient (Wildman–Crippen LogP) is 1.90. The maximum absolute atomic E-state index is 12.1. The highest BCUT2D eigenvalue weighted by Crippen LogP contribution is 2.19. The normalized spacial score (nSPS) is 14.3. The van der Waals surface area contributed by atoms with Crippen molar-refractivity contribution in [2.24, 2.45) is 0 Å². The number of rotatable bonds is 4. The van der Waals surface area contributed by atoms with Gasteiger partial charge in [0.15, 0.2) is 9.84 Å². The van der Waals surface area contributed by atoms with Gasteiger partial charge in [0.05, 0.1) is 21.3 Å². The number of anilines is 1. The Balaban J connectivity index is 2.79. The second-order valence-electron chi connectivity index (χ2n) is 5.50. The van der Waals surface area contributed by atoms with E-state index >= 15 is 0 Å². The van der Waals surface area contributed by atoms with Gasteiger partial charge in [-0.05, 0) is 51.5 Å². The van der Waals surface area contributed by atoms with E-state index in [-0.39, 0.29) is 11.5 Å². The Morgan fingerprint density at radius 2 is 1.84 bits per heavy atom. The average molecular weight is 303 g/mol. The van der Waals surface area contributed by atoms with E-state index < -0.39 is 25.4 Å². The third kappa shape index (κ3) is 4.04. The fourth-order valence-electron chi connectivity index (χ4n) is 1.40. The van der Waals surface area contributed by atoms with Crippen LogP contribution in [0.2, 0.25) is 0 Å². The van der Waals surface area contributed by atoms with Crippen LogP contribution in [0.25, 0.3) is 0 Å². The molecule has 4 nitrogen and oxygen atoms in total. The van der Waals surface area contributed by atoms with E-state index in [0.717, 1.165) is 5.56 Å². The van der Waals surface area contributed by atoms with Crippen molar-refractivity contribution in [3.8, 4) is 0 Å². The van der Waals surface area contributed by atoms with Gasteiger partial charge >= 0.3 is 0 Å². The molecule has 6 heteroatoms. The number of nitrogen functional groups attached to an aromatic ring is 1. The van der Waals surface area contributed by atoms with Gasteiger partial charge in [0, 0.05) is 16.3 Å². The highest BCUT2D eigenvalue weighted by atomic mass is 32.2. The summed E-state index contributed by atoms with van der Waals surface area (Å²) in [7, 11) is -4.55. The number of hydrogen-bond donors (Lipinski definition) is 1. The molecule has 0 saturated carbocycles. The van der Waals surface area contributed by atoms with Gasteiger partial charge in [-0.15, -0.1) is 0 Å². The van der Waals surface area contributed by atoms with Crippen LogP contribution in [0.5, 0.6) is 0 Å². The number of nitrogens with two attached hydrogens (primary N) is 1. The van der Waals surface area contributed by atoms with E-state index in [1.165, 1.54) is 0 Å². The molecule has 0 aliphatic carbocycles. The largest absolute Gasteiger partial charge is 0.399 e. The van der Waals surface area contributed by atoms with E-state index in [1.54, 1.807) is 39.0 Å². The summed E-state index contributed by atoms with van der Waals surface area (Å²) in [5, 5.41) is 0. The Bertz CT molecular complexity index is 586. The zero-order chi connectivity index (χ0) is 14.8. The zero-order valence-electron chi connectivity index (χ0n) is 11.8. The van der Waals surface area contributed by atoms with Gasteiger partial charge in [-0.1, -0.05) is 0 Å². The lowest BCUT2D eigenvalue weighted by molar-refractivity contribution is 0.561. The smallest absolute Gasteiger partial charge is 0.156 e. The highest BCUT2D eigenvalue weighted by Gasteiger charge is 2.29. The molecule has 0 fully saturated rings. The van der Waals surface area contributed by atoms with Crippen molar-refractivity contribution in [2.45, 2.75) is 37.3 Å². The predicted molar refractivity (Wildman–Crippen MR) is 80.4 cm³/mol. The molecule has 108 valence electrons. The SMILES string of the molecule is Cc1cc(S(=O)CCS(=O)(=O)C(C)(C)C)ccc1N. The summed E-state index contributed by atoms with van der Waals surface area (Å²) in [6.07, 6.45) is 0. The van der Waals surface area contributed by atoms with Crippen LogP contribution >= 0.6 is 0 Å². The molecule has 0 spiro atoms. The van der Waals surface area contributed by atoms with E-state index in [0.29, 0.717) is 10.6 Å². The fraction of sp³-hybridized carbons (Fsp3) is 0.538. The second-order valence-corrected chi connectivity index (χ2v) is 9.93. The number of sulfone groups is 1. The number of benzene rings is 1. The average Bonchev–Trinajstić information content (AvgIpc) is 2.28. The number of aryl methyl sites for hydroxylation is 1. The van der Waals surface area contributed by atoms with Gasteiger partial charge < -0.3 is 5.73 Å². The highest BCUT2D eigenvalue weighted by molar-refractivity contribution is 7.94. The molecule has 0 radical (unpaired) electrons. The van der Waals surface area contributed by atoms with Crippen molar-refractivity contribution in [1.82, 2.24) is 0 Å². The Hall–Kier alpha value is -0.880.